The van der Waals surface area contributed by atoms with Crippen molar-refractivity contribution in [2.24, 2.45) is 0 Å². The van der Waals surface area contributed by atoms with Crippen LogP contribution in [0.2, 0.25) is 0 Å². The summed E-state index contributed by atoms with van der Waals surface area (Å²) in [5.41, 5.74) is 1.67. The summed E-state index contributed by atoms with van der Waals surface area (Å²) in [5.74, 6) is -0.974. The Morgan fingerprint density at radius 1 is 1.07 bits per heavy atom. The zero-order chi connectivity index (χ0) is 19.7. The maximum absolute atomic E-state index is 13.2. The predicted molar refractivity (Wildman–Crippen MR) is 100 cm³/mol. The molecule has 0 radical (unpaired) electrons. The van der Waals surface area contributed by atoms with E-state index in [-0.39, 0.29) is 11.9 Å². The van der Waals surface area contributed by atoms with Gasteiger partial charge in [0.05, 0.1) is 20.3 Å². The Labute approximate surface area is 158 Å². The Balaban J connectivity index is 2.24. The average Bonchev–Trinajstić information content (AvgIpc) is 2.66. The monoisotopic (exact) mass is 369 g/mol. The van der Waals surface area contributed by atoms with Gasteiger partial charge in [0.2, 0.25) is 0 Å². The number of amides is 1. The van der Waals surface area contributed by atoms with E-state index in [1.165, 1.54) is 7.11 Å². The summed E-state index contributed by atoms with van der Waals surface area (Å²) in [5, 5.41) is 10.0. The molecule has 0 bridgehead atoms. The lowest BCUT2D eigenvalue weighted by atomic mass is 9.79. The van der Waals surface area contributed by atoms with Gasteiger partial charge in [0.15, 0.2) is 11.5 Å². The van der Waals surface area contributed by atoms with E-state index in [1.54, 1.807) is 54.5 Å². The third-order valence-electron chi connectivity index (χ3n) is 4.95. The van der Waals surface area contributed by atoms with Crippen LogP contribution in [0.3, 0.4) is 0 Å². The number of rotatable bonds is 5. The highest BCUT2D eigenvalue weighted by atomic mass is 16.5. The Kier molecular flexibility index (Phi) is 5.08. The summed E-state index contributed by atoms with van der Waals surface area (Å²) in [4.78, 5) is 27.1. The third kappa shape index (κ3) is 3.12. The molecule has 1 aliphatic heterocycles. The van der Waals surface area contributed by atoms with Crippen molar-refractivity contribution in [2.45, 2.75) is 31.8 Å². The normalized spacial score (nSPS) is 19.0. The minimum atomic E-state index is -0.972. The SMILES string of the molecule is COc1ccc(C2C(C(=O)O)c3ccccc3C(=O)N2C(C)C)cc1OC. The van der Waals surface area contributed by atoms with Crippen LogP contribution in [0, 0.1) is 0 Å². The van der Waals surface area contributed by atoms with E-state index in [9.17, 15) is 14.7 Å². The predicted octanol–water partition coefficient (Wildman–Crippen LogP) is 3.48. The molecule has 0 saturated carbocycles. The first-order valence-corrected chi connectivity index (χ1v) is 8.77. The highest BCUT2D eigenvalue weighted by Crippen LogP contribution is 2.45. The lowest BCUT2D eigenvalue weighted by molar-refractivity contribution is -0.140. The highest BCUT2D eigenvalue weighted by molar-refractivity contribution is 6.00. The van der Waals surface area contributed by atoms with Crippen molar-refractivity contribution in [2.75, 3.05) is 14.2 Å². The number of hydrogen-bond donors (Lipinski definition) is 1. The molecule has 2 atom stereocenters. The molecule has 1 amide bonds. The second kappa shape index (κ2) is 7.31. The summed E-state index contributed by atoms with van der Waals surface area (Å²) in [6.07, 6.45) is 0. The molecule has 3 rings (SSSR count). The van der Waals surface area contributed by atoms with Gasteiger partial charge in [-0.05, 0) is 43.2 Å². The molecule has 0 spiro atoms. The summed E-state index contributed by atoms with van der Waals surface area (Å²) in [6.45, 7) is 3.77. The molecule has 0 fully saturated rings. The van der Waals surface area contributed by atoms with Crippen LogP contribution in [0.5, 0.6) is 11.5 Å². The molecule has 0 aliphatic carbocycles. The standard InChI is InChI=1S/C21H23NO5/c1-12(2)22-19(13-9-10-16(26-3)17(11-13)27-4)18(21(24)25)14-7-5-6-8-15(14)20(22)23/h5-12,18-19H,1-4H3,(H,24,25). The Morgan fingerprint density at radius 3 is 2.33 bits per heavy atom. The second-order valence-electron chi connectivity index (χ2n) is 6.77. The fourth-order valence-corrected chi connectivity index (χ4v) is 3.77. The van der Waals surface area contributed by atoms with E-state index in [1.807, 2.05) is 13.8 Å². The van der Waals surface area contributed by atoms with Gasteiger partial charge in [-0.3, -0.25) is 9.59 Å². The van der Waals surface area contributed by atoms with E-state index >= 15 is 0 Å². The van der Waals surface area contributed by atoms with E-state index in [0.29, 0.717) is 28.2 Å². The fraction of sp³-hybridized carbons (Fsp3) is 0.333. The van der Waals surface area contributed by atoms with Gasteiger partial charge in [-0.2, -0.15) is 0 Å². The number of carboxylic acid groups (broad SMARTS) is 1. The molecule has 0 saturated heterocycles. The Morgan fingerprint density at radius 2 is 1.74 bits per heavy atom. The average molecular weight is 369 g/mol. The lowest BCUT2D eigenvalue weighted by Crippen LogP contribution is -2.48. The number of carbonyl (C=O) groups is 2. The van der Waals surface area contributed by atoms with Crippen LogP contribution in [-0.4, -0.2) is 42.1 Å². The molecular formula is C21H23NO5. The topological polar surface area (TPSA) is 76.1 Å². The summed E-state index contributed by atoms with van der Waals surface area (Å²) < 4.78 is 10.7. The van der Waals surface area contributed by atoms with Crippen LogP contribution in [0.25, 0.3) is 0 Å². The number of ether oxygens (including phenoxy) is 2. The maximum atomic E-state index is 13.2. The highest BCUT2D eigenvalue weighted by Gasteiger charge is 2.45. The molecule has 142 valence electrons. The summed E-state index contributed by atoms with van der Waals surface area (Å²) in [7, 11) is 3.07. The Bertz CT molecular complexity index is 877. The number of nitrogens with zero attached hydrogens (tertiary/aromatic N) is 1. The van der Waals surface area contributed by atoms with E-state index in [0.717, 1.165) is 0 Å². The molecule has 6 heteroatoms. The van der Waals surface area contributed by atoms with Gasteiger partial charge in [0.25, 0.3) is 5.91 Å². The van der Waals surface area contributed by atoms with Gasteiger partial charge in [-0.25, -0.2) is 0 Å². The largest absolute Gasteiger partial charge is 0.493 e. The van der Waals surface area contributed by atoms with E-state index in [4.69, 9.17) is 9.47 Å². The zero-order valence-electron chi connectivity index (χ0n) is 15.8. The fourth-order valence-electron chi connectivity index (χ4n) is 3.77. The van der Waals surface area contributed by atoms with Gasteiger partial charge in [-0.15, -0.1) is 0 Å². The maximum Gasteiger partial charge on any atom is 0.313 e. The van der Waals surface area contributed by atoms with Crippen LogP contribution >= 0.6 is 0 Å². The smallest absolute Gasteiger partial charge is 0.313 e. The quantitative estimate of drug-likeness (QED) is 0.873. The molecule has 0 aromatic heterocycles. The van der Waals surface area contributed by atoms with Crippen molar-refractivity contribution in [1.29, 1.82) is 0 Å². The minimum Gasteiger partial charge on any atom is -0.493 e. The van der Waals surface area contributed by atoms with Gasteiger partial charge in [-0.1, -0.05) is 24.3 Å². The van der Waals surface area contributed by atoms with Crippen LogP contribution < -0.4 is 9.47 Å². The van der Waals surface area contributed by atoms with Gasteiger partial charge in [0, 0.05) is 11.6 Å². The lowest BCUT2D eigenvalue weighted by Gasteiger charge is -2.43. The van der Waals surface area contributed by atoms with Crippen molar-refractivity contribution in [3.8, 4) is 11.5 Å². The first-order valence-electron chi connectivity index (χ1n) is 8.77. The molecule has 2 aromatic rings. The molecule has 1 heterocycles. The van der Waals surface area contributed by atoms with Crippen molar-refractivity contribution in [3.05, 3.63) is 59.2 Å². The minimum absolute atomic E-state index is 0.169. The van der Waals surface area contributed by atoms with Crippen molar-refractivity contribution in [1.82, 2.24) is 4.90 Å². The number of aliphatic carboxylic acids is 1. The first kappa shape index (κ1) is 18.8. The number of fused-ring (bicyclic) bond motifs is 1. The molecule has 2 aromatic carbocycles. The molecule has 1 aliphatic rings. The van der Waals surface area contributed by atoms with Gasteiger partial charge < -0.3 is 19.5 Å². The number of hydrogen-bond acceptors (Lipinski definition) is 4. The summed E-state index contributed by atoms with van der Waals surface area (Å²) >= 11 is 0. The molecule has 2 unspecified atom stereocenters. The van der Waals surface area contributed by atoms with Crippen LogP contribution in [0.1, 0.15) is 47.3 Å². The van der Waals surface area contributed by atoms with E-state index < -0.39 is 17.9 Å². The van der Waals surface area contributed by atoms with Crippen LogP contribution in [0.15, 0.2) is 42.5 Å². The van der Waals surface area contributed by atoms with E-state index in [2.05, 4.69) is 0 Å². The number of benzene rings is 2. The third-order valence-corrected chi connectivity index (χ3v) is 4.95. The number of carboxylic acids is 1. The van der Waals surface area contributed by atoms with Crippen molar-refractivity contribution < 1.29 is 24.2 Å². The second-order valence-corrected chi connectivity index (χ2v) is 6.77. The number of methoxy groups -OCH3 is 2. The molecular weight excluding hydrogens is 346 g/mol. The Hall–Kier alpha value is -3.02. The molecule has 1 N–H and O–H groups in total. The molecule has 27 heavy (non-hydrogen) atoms. The van der Waals surface area contributed by atoms with Gasteiger partial charge in [0.1, 0.15) is 5.92 Å². The first-order chi connectivity index (χ1) is 12.9. The molecule has 6 nitrogen and oxygen atoms in total. The van der Waals surface area contributed by atoms with Crippen LogP contribution in [0.4, 0.5) is 0 Å². The van der Waals surface area contributed by atoms with Crippen LogP contribution in [-0.2, 0) is 4.79 Å². The van der Waals surface area contributed by atoms with Crippen molar-refractivity contribution >= 4 is 11.9 Å². The van der Waals surface area contributed by atoms with Gasteiger partial charge >= 0.3 is 5.97 Å². The summed E-state index contributed by atoms with van der Waals surface area (Å²) in [6, 6.07) is 11.4. The van der Waals surface area contributed by atoms with Crippen molar-refractivity contribution in [3.63, 3.8) is 0 Å². The zero-order valence-corrected chi connectivity index (χ0v) is 15.8. The number of carbonyl (C=O) groups excluding carboxylic acids is 1.